The van der Waals surface area contributed by atoms with E-state index in [0.29, 0.717) is 12.8 Å². The minimum absolute atomic E-state index is 0.535. The number of hydrogen-bond donors (Lipinski definition) is 2. The van der Waals surface area contributed by atoms with Crippen molar-refractivity contribution >= 4 is 11.9 Å². The van der Waals surface area contributed by atoms with Gasteiger partial charge in [-0.15, -0.1) is 0 Å². The van der Waals surface area contributed by atoms with E-state index in [1.807, 2.05) is 13.8 Å². The van der Waals surface area contributed by atoms with E-state index >= 15 is 0 Å². The summed E-state index contributed by atoms with van der Waals surface area (Å²) >= 11 is 0. The number of ether oxygens (including phenoxy) is 1. The summed E-state index contributed by atoms with van der Waals surface area (Å²) in [6.07, 6.45) is 4.65. The van der Waals surface area contributed by atoms with Crippen LogP contribution in [0.2, 0.25) is 0 Å². The van der Waals surface area contributed by atoms with Gasteiger partial charge in [-0.3, -0.25) is 0 Å². The Morgan fingerprint density at radius 3 is 1.59 bits per heavy atom. The molecule has 0 aromatic rings. The van der Waals surface area contributed by atoms with Gasteiger partial charge in [0, 0.05) is 0 Å². The van der Waals surface area contributed by atoms with Crippen LogP contribution in [0.15, 0.2) is 0 Å². The quantitative estimate of drug-likeness (QED) is 0.492. The van der Waals surface area contributed by atoms with Crippen molar-refractivity contribution in [3.63, 3.8) is 0 Å². The summed E-state index contributed by atoms with van der Waals surface area (Å²) in [6, 6.07) is -1.45. The molecule has 2 atom stereocenters. The molecular weight excluding hydrogens is 220 g/mol. The van der Waals surface area contributed by atoms with Gasteiger partial charge < -0.3 is 16.2 Å². The van der Waals surface area contributed by atoms with Crippen molar-refractivity contribution in [2.75, 3.05) is 0 Å². The minimum Gasteiger partial charge on any atom is -0.391 e. The zero-order valence-corrected chi connectivity index (χ0v) is 10.8. The molecule has 0 fully saturated rings. The fraction of sp³-hybridized carbons (Fsp3) is 0.833. The molecule has 4 N–H and O–H groups in total. The van der Waals surface area contributed by atoms with Crippen LogP contribution < -0.4 is 11.5 Å². The van der Waals surface area contributed by atoms with Gasteiger partial charge in [0.15, 0.2) is 0 Å². The molecule has 5 nitrogen and oxygen atoms in total. The lowest BCUT2D eigenvalue weighted by Gasteiger charge is -2.12. The predicted molar refractivity (Wildman–Crippen MR) is 66.1 cm³/mol. The molecule has 5 heteroatoms. The topological polar surface area (TPSA) is 95.4 Å². The van der Waals surface area contributed by atoms with Crippen molar-refractivity contribution in [3.8, 4) is 0 Å². The van der Waals surface area contributed by atoms with Gasteiger partial charge in [-0.1, -0.05) is 39.5 Å². The third kappa shape index (κ3) is 7.07. The van der Waals surface area contributed by atoms with Crippen molar-refractivity contribution in [2.24, 2.45) is 11.5 Å². The Bertz CT molecular complexity index is 220. The lowest BCUT2D eigenvalue weighted by Crippen LogP contribution is -2.39. The highest BCUT2D eigenvalue weighted by Crippen LogP contribution is 2.03. The predicted octanol–water partition coefficient (Wildman–Crippen LogP) is 1.09. The number of hydrogen-bond acceptors (Lipinski definition) is 5. The SMILES string of the molecule is CCCCC(N)C(=O)OC(=O)[C@@H](N)CCCC. The third-order valence-corrected chi connectivity index (χ3v) is 2.54. The molecule has 100 valence electrons. The highest BCUT2D eigenvalue weighted by Gasteiger charge is 2.22. The van der Waals surface area contributed by atoms with Gasteiger partial charge in [0.2, 0.25) is 0 Å². The Morgan fingerprint density at radius 2 is 1.29 bits per heavy atom. The van der Waals surface area contributed by atoms with Crippen LogP contribution in [0.3, 0.4) is 0 Å². The van der Waals surface area contributed by atoms with Gasteiger partial charge >= 0.3 is 11.9 Å². The molecule has 0 spiro atoms. The van der Waals surface area contributed by atoms with E-state index in [-0.39, 0.29) is 0 Å². The van der Waals surface area contributed by atoms with E-state index in [1.165, 1.54) is 0 Å². The first kappa shape index (κ1) is 16.1. The van der Waals surface area contributed by atoms with E-state index in [0.717, 1.165) is 25.7 Å². The monoisotopic (exact) mass is 244 g/mol. The lowest BCUT2D eigenvalue weighted by atomic mass is 10.1. The van der Waals surface area contributed by atoms with Crippen molar-refractivity contribution in [1.29, 1.82) is 0 Å². The summed E-state index contributed by atoms with van der Waals surface area (Å²) in [5, 5.41) is 0. The molecule has 1 unspecified atom stereocenters. The molecule has 0 saturated heterocycles. The number of nitrogens with two attached hydrogens (primary N) is 2. The Labute approximate surface area is 103 Å². The first-order chi connectivity index (χ1) is 8.02. The third-order valence-electron chi connectivity index (χ3n) is 2.54. The second kappa shape index (κ2) is 9.13. The van der Waals surface area contributed by atoms with Gasteiger partial charge in [0.05, 0.1) is 0 Å². The zero-order valence-electron chi connectivity index (χ0n) is 10.8. The molecule has 0 aliphatic carbocycles. The molecule has 0 aromatic heterocycles. The highest BCUT2D eigenvalue weighted by atomic mass is 16.6. The normalized spacial score (nSPS) is 14.1. The van der Waals surface area contributed by atoms with Gasteiger partial charge in [0.1, 0.15) is 12.1 Å². The Hall–Kier alpha value is -0.940. The summed E-state index contributed by atoms with van der Waals surface area (Å²) in [7, 11) is 0. The van der Waals surface area contributed by atoms with Crippen LogP contribution in [-0.4, -0.2) is 24.0 Å². The zero-order chi connectivity index (χ0) is 13.3. The summed E-state index contributed by atoms with van der Waals surface area (Å²) in [5.41, 5.74) is 11.2. The second-order valence-corrected chi connectivity index (χ2v) is 4.24. The smallest absolute Gasteiger partial charge is 0.330 e. The highest BCUT2D eigenvalue weighted by molar-refractivity contribution is 5.90. The van der Waals surface area contributed by atoms with Crippen LogP contribution >= 0.6 is 0 Å². The largest absolute Gasteiger partial charge is 0.391 e. The number of carbonyl (C=O) groups excluding carboxylic acids is 2. The first-order valence-electron chi connectivity index (χ1n) is 6.29. The number of esters is 2. The molecule has 0 heterocycles. The molecule has 0 rings (SSSR count). The Balaban J connectivity index is 3.97. The molecule has 0 aliphatic heterocycles. The number of rotatable bonds is 8. The lowest BCUT2D eigenvalue weighted by molar-refractivity contribution is -0.161. The first-order valence-corrected chi connectivity index (χ1v) is 6.29. The van der Waals surface area contributed by atoms with E-state index in [4.69, 9.17) is 11.5 Å². The van der Waals surface area contributed by atoms with Crippen molar-refractivity contribution in [3.05, 3.63) is 0 Å². The van der Waals surface area contributed by atoms with Crippen molar-refractivity contribution in [1.82, 2.24) is 0 Å². The number of carbonyl (C=O) groups is 2. The molecule has 0 radical (unpaired) electrons. The van der Waals surface area contributed by atoms with Crippen LogP contribution in [0, 0.1) is 0 Å². The minimum atomic E-state index is -0.725. The number of unbranched alkanes of at least 4 members (excludes halogenated alkanes) is 2. The summed E-state index contributed by atoms with van der Waals surface area (Å²) in [5.74, 6) is -1.34. The maximum absolute atomic E-state index is 11.4. The van der Waals surface area contributed by atoms with E-state index in [9.17, 15) is 9.59 Å². The maximum Gasteiger partial charge on any atom is 0.330 e. The van der Waals surface area contributed by atoms with E-state index in [2.05, 4.69) is 4.74 Å². The summed E-state index contributed by atoms with van der Waals surface area (Å²) < 4.78 is 4.64. The van der Waals surface area contributed by atoms with E-state index in [1.54, 1.807) is 0 Å². The molecule has 0 bridgehead atoms. The van der Waals surface area contributed by atoms with E-state index < -0.39 is 24.0 Å². The van der Waals surface area contributed by atoms with Crippen LogP contribution in [-0.2, 0) is 14.3 Å². The van der Waals surface area contributed by atoms with Crippen LogP contribution in [0.1, 0.15) is 52.4 Å². The van der Waals surface area contributed by atoms with Crippen LogP contribution in [0.5, 0.6) is 0 Å². The Kier molecular flexibility index (Phi) is 8.62. The van der Waals surface area contributed by atoms with Crippen LogP contribution in [0.25, 0.3) is 0 Å². The average molecular weight is 244 g/mol. The van der Waals surface area contributed by atoms with Crippen LogP contribution in [0.4, 0.5) is 0 Å². The van der Waals surface area contributed by atoms with Gasteiger partial charge in [-0.05, 0) is 12.8 Å². The second-order valence-electron chi connectivity index (χ2n) is 4.24. The van der Waals surface area contributed by atoms with Gasteiger partial charge in [0.25, 0.3) is 0 Å². The van der Waals surface area contributed by atoms with Crippen molar-refractivity contribution in [2.45, 2.75) is 64.5 Å². The Morgan fingerprint density at radius 1 is 0.941 bits per heavy atom. The summed E-state index contributed by atoms with van der Waals surface area (Å²) in [4.78, 5) is 22.8. The molecule has 0 aromatic carbocycles. The fourth-order valence-electron chi connectivity index (χ4n) is 1.33. The standard InChI is InChI=1S/C12H24N2O3/c1-3-5-7-9(13)11(15)17-12(16)10(14)8-6-4-2/h9-10H,3-8,13-14H2,1-2H3/t9-,10?/m0/s1. The fourth-order valence-corrected chi connectivity index (χ4v) is 1.33. The maximum atomic E-state index is 11.4. The van der Waals surface area contributed by atoms with Gasteiger partial charge in [-0.25, -0.2) is 9.59 Å². The molecule has 0 amide bonds. The van der Waals surface area contributed by atoms with Gasteiger partial charge in [-0.2, -0.15) is 0 Å². The molecule has 17 heavy (non-hydrogen) atoms. The summed E-state index contributed by atoms with van der Waals surface area (Å²) in [6.45, 7) is 4.01. The molecular formula is C12H24N2O3. The average Bonchev–Trinajstić information content (AvgIpc) is 2.32. The molecule has 0 saturated carbocycles. The molecule has 0 aliphatic rings. The van der Waals surface area contributed by atoms with Crippen molar-refractivity contribution < 1.29 is 14.3 Å².